The van der Waals surface area contributed by atoms with Crippen LogP contribution < -0.4 is 10.6 Å². The molecule has 38 heavy (non-hydrogen) atoms. The van der Waals surface area contributed by atoms with Gasteiger partial charge in [0.15, 0.2) is 0 Å². The van der Waals surface area contributed by atoms with E-state index in [1.54, 1.807) is 6.92 Å². The van der Waals surface area contributed by atoms with Crippen molar-refractivity contribution in [3.63, 3.8) is 0 Å². The van der Waals surface area contributed by atoms with Crippen LogP contribution in [0.4, 0.5) is 0 Å². The van der Waals surface area contributed by atoms with Gasteiger partial charge in [0, 0.05) is 51.6 Å². The van der Waals surface area contributed by atoms with E-state index in [9.17, 15) is 9.59 Å². The van der Waals surface area contributed by atoms with Crippen LogP contribution in [0.5, 0.6) is 0 Å². The number of rotatable bonds is 20. The van der Waals surface area contributed by atoms with Crippen molar-refractivity contribution < 1.29 is 9.59 Å². The van der Waals surface area contributed by atoms with Crippen LogP contribution in [-0.2, 0) is 9.59 Å². The van der Waals surface area contributed by atoms with Crippen LogP contribution in [0.25, 0.3) is 0 Å². The number of carbonyl (C=O) groups excluding carboxylic acids is 2. The second-order valence-electron chi connectivity index (χ2n) is 10.2. The standard InChI is InChI=1S/C32H52N4O2/c1-3-5-7-9-10-11-12-13-14-16-18-22-32(38)34-24-20-26-36-29-27-35(28-30-36)25-19-23-33-31(37)21-17-15-8-6-4-2/h3,5,7,9-14,16,18-20,22-30H2,1-2H3,(H,33,37)(H,34,38). The largest absolute Gasteiger partial charge is 0.356 e. The zero-order chi connectivity index (χ0) is 27.5. The van der Waals surface area contributed by atoms with Crippen molar-refractivity contribution in [2.75, 3.05) is 52.4 Å². The number of hydrogen-bond acceptors (Lipinski definition) is 4. The highest BCUT2D eigenvalue weighted by molar-refractivity contribution is 5.94. The van der Waals surface area contributed by atoms with Gasteiger partial charge >= 0.3 is 0 Å². The molecular formula is C32H52N4O2. The quantitative estimate of drug-likeness (QED) is 0.184. The second-order valence-corrected chi connectivity index (χ2v) is 10.2. The summed E-state index contributed by atoms with van der Waals surface area (Å²) in [6.45, 7) is 11.6. The average Bonchev–Trinajstić information content (AvgIpc) is 2.92. The van der Waals surface area contributed by atoms with Crippen molar-refractivity contribution in [2.24, 2.45) is 0 Å². The molecule has 0 aromatic rings. The Balaban J connectivity index is 1.91. The molecule has 1 rings (SSSR count). The van der Waals surface area contributed by atoms with Gasteiger partial charge in [-0.25, -0.2) is 0 Å². The fourth-order valence-electron chi connectivity index (χ4n) is 4.57. The van der Waals surface area contributed by atoms with Gasteiger partial charge in [0.1, 0.15) is 0 Å². The lowest BCUT2D eigenvalue weighted by Gasteiger charge is -2.34. The van der Waals surface area contributed by atoms with Gasteiger partial charge in [-0.1, -0.05) is 77.1 Å². The van der Waals surface area contributed by atoms with E-state index in [1.807, 2.05) is 0 Å². The molecule has 6 heteroatoms. The Bertz CT molecular complexity index is 814. The molecule has 0 unspecified atom stereocenters. The van der Waals surface area contributed by atoms with E-state index >= 15 is 0 Å². The molecule has 1 aliphatic heterocycles. The molecule has 0 spiro atoms. The summed E-state index contributed by atoms with van der Waals surface area (Å²) in [5.41, 5.74) is 0. The van der Waals surface area contributed by atoms with Gasteiger partial charge < -0.3 is 20.4 Å². The monoisotopic (exact) mass is 524 g/mol. The number of unbranched alkanes of at least 4 members (excludes halogenated alkanes) is 10. The van der Waals surface area contributed by atoms with Crippen LogP contribution in [0.15, 0.2) is 0 Å². The highest BCUT2D eigenvalue weighted by Gasteiger charge is 2.16. The first-order valence-electron chi connectivity index (χ1n) is 15.1. The van der Waals surface area contributed by atoms with Crippen molar-refractivity contribution in [1.82, 2.24) is 20.4 Å². The predicted molar refractivity (Wildman–Crippen MR) is 158 cm³/mol. The summed E-state index contributed by atoms with van der Waals surface area (Å²) in [5, 5.41) is 5.91. The third-order valence-corrected chi connectivity index (χ3v) is 6.87. The Morgan fingerprint density at radius 3 is 1.68 bits per heavy atom. The highest BCUT2D eigenvalue weighted by atomic mass is 16.2. The summed E-state index contributed by atoms with van der Waals surface area (Å²) in [6.07, 6.45) is 17.0. The van der Waals surface area contributed by atoms with E-state index in [2.05, 4.69) is 62.9 Å². The predicted octanol–water partition coefficient (Wildman–Crippen LogP) is 4.35. The third kappa shape index (κ3) is 20.6. The molecule has 0 saturated carbocycles. The minimum absolute atomic E-state index is 0.211. The Morgan fingerprint density at radius 2 is 1.13 bits per heavy atom. The molecule has 1 saturated heterocycles. The van der Waals surface area contributed by atoms with Gasteiger partial charge in [-0.3, -0.25) is 9.59 Å². The molecule has 2 amide bonds. The Labute approximate surface area is 233 Å². The Morgan fingerprint density at radius 1 is 0.632 bits per heavy atom. The Kier molecular flexibility index (Phi) is 22.0. The first-order valence-corrected chi connectivity index (χ1v) is 15.1. The lowest BCUT2D eigenvalue weighted by atomic mass is 10.1. The zero-order valence-electron chi connectivity index (χ0n) is 24.3. The number of nitrogens with one attached hydrogen (secondary N) is 2. The maximum Gasteiger partial charge on any atom is 0.296 e. The lowest BCUT2D eigenvalue weighted by Crippen LogP contribution is -2.47. The molecule has 0 aromatic carbocycles. The number of hydrogen-bond donors (Lipinski definition) is 2. The third-order valence-electron chi connectivity index (χ3n) is 6.87. The van der Waals surface area contributed by atoms with Crippen LogP contribution in [0.3, 0.4) is 0 Å². The van der Waals surface area contributed by atoms with Gasteiger partial charge in [-0.05, 0) is 63.0 Å². The second kappa shape index (κ2) is 24.9. The summed E-state index contributed by atoms with van der Waals surface area (Å²) < 4.78 is 0. The molecule has 212 valence electrons. The van der Waals surface area contributed by atoms with Crippen molar-refractivity contribution >= 4 is 11.8 Å². The van der Waals surface area contributed by atoms with E-state index in [4.69, 9.17) is 0 Å². The number of piperazine rings is 1. The van der Waals surface area contributed by atoms with Crippen LogP contribution in [0.1, 0.15) is 104 Å². The summed E-state index contributed by atoms with van der Waals surface area (Å²) in [5.74, 6) is 15.2. The summed E-state index contributed by atoms with van der Waals surface area (Å²) in [6, 6.07) is 0. The topological polar surface area (TPSA) is 64.7 Å². The average molecular weight is 525 g/mol. The molecule has 0 radical (unpaired) electrons. The van der Waals surface area contributed by atoms with Crippen LogP contribution >= 0.6 is 0 Å². The molecule has 0 atom stereocenters. The SMILES string of the molecule is CC#CC#CC#CC(=O)NCCCN1CCN(CCCNC(=O)CCCCCCCCCCCCC)CC1. The maximum absolute atomic E-state index is 12.1. The normalized spacial score (nSPS) is 13.3. The smallest absolute Gasteiger partial charge is 0.296 e. The molecule has 1 fully saturated rings. The van der Waals surface area contributed by atoms with Crippen molar-refractivity contribution in [3.05, 3.63) is 0 Å². The molecular weight excluding hydrogens is 472 g/mol. The van der Waals surface area contributed by atoms with Gasteiger partial charge in [-0.15, -0.1) is 0 Å². The van der Waals surface area contributed by atoms with Crippen LogP contribution in [-0.4, -0.2) is 74.0 Å². The molecule has 1 heterocycles. The van der Waals surface area contributed by atoms with E-state index in [-0.39, 0.29) is 11.8 Å². The zero-order valence-corrected chi connectivity index (χ0v) is 24.3. The molecule has 6 nitrogen and oxygen atoms in total. The van der Waals surface area contributed by atoms with Gasteiger partial charge in [0.05, 0.1) is 0 Å². The molecule has 2 N–H and O–H groups in total. The summed E-state index contributed by atoms with van der Waals surface area (Å²) >= 11 is 0. The first-order chi connectivity index (χ1) is 18.7. The number of nitrogens with zero attached hydrogens (tertiary/aromatic N) is 2. The fraction of sp³-hybridized carbons (Fsp3) is 0.750. The van der Waals surface area contributed by atoms with E-state index < -0.39 is 0 Å². The molecule has 0 aliphatic carbocycles. The van der Waals surface area contributed by atoms with Crippen molar-refractivity contribution in [1.29, 1.82) is 0 Å². The van der Waals surface area contributed by atoms with Gasteiger partial charge in [0.25, 0.3) is 5.91 Å². The van der Waals surface area contributed by atoms with E-state index in [0.717, 1.165) is 65.1 Å². The van der Waals surface area contributed by atoms with Crippen molar-refractivity contribution in [3.8, 4) is 35.5 Å². The Hall–Kier alpha value is -2.46. The van der Waals surface area contributed by atoms with Gasteiger partial charge in [0.2, 0.25) is 5.91 Å². The minimum atomic E-state index is -0.292. The summed E-state index contributed by atoms with van der Waals surface area (Å²) in [7, 11) is 0. The van der Waals surface area contributed by atoms with E-state index in [0.29, 0.717) is 13.0 Å². The highest BCUT2D eigenvalue weighted by Crippen LogP contribution is 2.12. The van der Waals surface area contributed by atoms with Gasteiger partial charge in [-0.2, -0.15) is 0 Å². The van der Waals surface area contributed by atoms with E-state index in [1.165, 1.54) is 64.2 Å². The summed E-state index contributed by atoms with van der Waals surface area (Å²) in [4.78, 5) is 28.6. The first kappa shape index (κ1) is 33.6. The molecule has 1 aliphatic rings. The van der Waals surface area contributed by atoms with Crippen LogP contribution in [0, 0.1) is 35.5 Å². The minimum Gasteiger partial charge on any atom is -0.356 e. The fourth-order valence-corrected chi connectivity index (χ4v) is 4.57. The van der Waals surface area contributed by atoms with Crippen molar-refractivity contribution in [2.45, 2.75) is 104 Å². The van der Waals surface area contributed by atoms with Crippen LogP contribution in [0.2, 0.25) is 0 Å². The molecule has 0 aromatic heterocycles. The number of amides is 2. The number of carbonyl (C=O) groups is 2. The maximum atomic E-state index is 12.1. The molecule has 0 bridgehead atoms. The lowest BCUT2D eigenvalue weighted by molar-refractivity contribution is -0.121.